The molecule has 7 nitrogen and oxygen atoms in total. The minimum Gasteiger partial charge on any atom is -0.870 e. The van der Waals surface area contributed by atoms with E-state index in [1.165, 1.54) is 6.07 Å². The van der Waals surface area contributed by atoms with Crippen LogP contribution in [0.2, 0.25) is 0 Å². The van der Waals surface area contributed by atoms with Gasteiger partial charge < -0.3 is 29.9 Å². The Morgan fingerprint density at radius 2 is 1.68 bits per heavy atom. The molecule has 112 valence electrons. The molecule has 0 saturated heterocycles. The molecule has 0 spiro atoms. The van der Waals surface area contributed by atoms with Crippen LogP contribution in [-0.2, 0) is 0 Å². The lowest BCUT2D eigenvalue weighted by atomic mass is 10.1. The van der Waals surface area contributed by atoms with Gasteiger partial charge in [-0.15, -0.1) is 0 Å². The number of hydrogen-bond acceptors (Lipinski definition) is 7. The van der Waals surface area contributed by atoms with Crippen LogP contribution in [-0.4, -0.2) is 15.3 Å². The molecule has 0 atom stereocenters. The molecule has 0 aliphatic heterocycles. The predicted octanol–water partition coefficient (Wildman–Crippen LogP) is 0.724. The van der Waals surface area contributed by atoms with Crippen molar-refractivity contribution in [1.82, 2.24) is 0 Å². The van der Waals surface area contributed by atoms with Gasteiger partial charge in [-0.3, -0.25) is 4.79 Å². The second-order valence-electron chi connectivity index (χ2n) is 4.61. The van der Waals surface area contributed by atoms with E-state index in [1.54, 1.807) is 0 Å². The third-order valence-electron chi connectivity index (χ3n) is 3.14. The largest absolute Gasteiger partial charge is 0.870 e. The van der Waals surface area contributed by atoms with E-state index in [2.05, 4.69) is 0 Å². The third-order valence-corrected chi connectivity index (χ3v) is 3.14. The third kappa shape index (κ3) is 1.96. The number of rotatable bonds is 1. The highest BCUT2D eigenvalue weighted by Crippen LogP contribution is 2.36. The van der Waals surface area contributed by atoms with Gasteiger partial charge in [0.05, 0.1) is 0 Å². The van der Waals surface area contributed by atoms with Crippen LogP contribution < -0.4 is 15.6 Å². The van der Waals surface area contributed by atoms with Crippen LogP contribution >= 0.6 is 0 Å². The van der Waals surface area contributed by atoms with Crippen molar-refractivity contribution < 1.29 is 29.9 Å². The number of phenolic OH excluding ortho intramolecular Hbond substituents is 3. The normalized spacial score (nSPS) is 10.9. The van der Waals surface area contributed by atoms with Crippen molar-refractivity contribution in [1.29, 1.82) is 0 Å². The van der Waals surface area contributed by atoms with Gasteiger partial charge in [-0.25, -0.2) is 0 Å². The Bertz CT molecular complexity index is 956. The number of phenols is 3. The molecule has 0 unspecified atom stereocenters. The van der Waals surface area contributed by atoms with Crippen molar-refractivity contribution in [3.05, 3.63) is 40.6 Å². The molecule has 1 heterocycles. The molecular formula is C15H8O7-2. The van der Waals surface area contributed by atoms with Crippen molar-refractivity contribution in [2.75, 3.05) is 0 Å². The van der Waals surface area contributed by atoms with Gasteiger partial charge in [0.25, 0.3) is 0 Å². The highest BCUT2D eigenvalue weighted by atomic mass is 16.4. The summed E-state index contributed by atoms with van der Waals surface area (Å²) in [5.41, 5.74) is -1.17. The highest BCUT2D eigenvalue weighted by Gasteiger charge is 2.14. The van der Waals surface area contributed by atoms with Crippen LogP contribution in [0.3, 0.4) is 0 Å². The maximum atomic E-state index is 12.1. The minimum atomic E-state index is -1.04. The van der Waals surface area contributed by atoms with Gasteiger partial charge >= 0.3 is 0 Å². The van der Waals surface area contributed by atoms with Crippen LogP contribution in [0.1, 0.15) is 0 Å². The zero-order valence-corrected chi connectivity index (χ0v) is 10.9. The maximum absolute atomic E-state index is 12.1. The molecule has 0 amide bonds. The quantitative estimate of drug-likeness (QED) is 0.602. The number of benzene rings is 2. The first kappa shape index (κ1) is 13.6. The summed E-state index contributed by atoms with van der Waals surface area (Å²) in [6.07, 6.45) is 0. The van der Waals surface area contributed by atoms with E-state index >= 15 is 0 Å². The molecule has 0 bridgehead atoms. The SMILES string of the molecule is O=c1c([O-])c(-c2ccc([O-])c(O)c2)oc2cc(O)cc(O)c12. The summed E-state index contributed by atoms with van der Waals surface area (Å²) in [6, 6.07) is 5.22. The summed E-state index contributed by atoms with van der Waals surface area (Å²) >= 11 is 0. The fourth-order valence-electron chi connectivity index (χ4n) is 2.12. The lowest BCUT2D eigenvalue weighted by Gasteiger charge is -2.15. The van der Waals surface area contributed by atoms with E-state index in [1.807, 2.05) is 0 Å². The standard InChI is InChI=1S/C15H10O7/c16-7-4-10(19)12-11(5-7)22-15(14(21)13(12)20)6-1-2-8(17)9(18)3-6/h1-5,16-19,21H/p-2. The van der Waals surface area contributed by atoms with E-state index in [0.717, 1.165) is 24.3 Å². The first-order valence-electron chi connectivity index (χ1n) is 6.08. The van der Waals surface area contributed by atoms with E-state index in [-0.39, 0.29) is 22.3 Å². The van der Waals surface area contributed by atoms with Gasteiger partial charge in [0.2, 0.25) is 0 Å². The molecular weight excluding hydrogens is 292 g/mol. The van der Waals surface area contributed by atoms with E-state index in [9.17, 15) is 30.3 Å². The molecule has 3 N–H and O–H groups in total. The van der Waals surface area contributed by atoms with Crippen molar-refractivity contribution in [3.8, 4) is 40.1 Å². The zero-order chi connectivity index (χ0) is 16.0. The average molecular weight is 300 g/mol. The van der Waals surface area contributed by atoms with Crippen LogP contribution in [0, 0.1) is 0 Å². The smallest absolute Gasteiger partial charge is 0.189 e. The Morgan fingerprint density at radius 1 is 0.955 bits per heavy atom. The average Bonchev–Trinajstić information content (AvgIpc) is 2.45. The fourth-order valence-corrected chi connectivity index (χ4v) is 2.12. The molecule has 0 fully saturated rings. The van der Waals surface area contributed by atoms with Gasteiger partial charge in [-0.2, -0.15) is 0 Å². The number of aromatic hydroxyl groups is 3. The molecule has 0 aliphatic carbocycles. The molecule has 22 heavy (non-hydrogen) atoms. The highest BCUT2D eigenvalue weighted by molar-refractivity contribution is 5.88. The van der Waals surface area contributed by atoms with Crippen molar-refractivity contribution in [3.63, 3.8) is 0 Å². The first-order chi connectivity index (χ1) is 10.4. The molecule has 2 aromatic carbocycles. The predicted molar refractivity (Wildman–Crippen MR) is 71.8 cm³/mol. The Balaban J connectivity index is 2.38. The molecule has 0 radical (unpaired) electrons. The number of fused-ring (bicyclic) bond motifs is 1. The molecule has 0 aliphatic rings. The van der Waals surface area contributed by atoms with Gasteiger partial charge in [0, 0.05) is 17.7 Å². The van der Waals surface area contributed by atoms with Gasteiger partial charge in [0.1, 0.15) is 34.0 Å². The van der Waals surface area contributed by atoms with Gasteiger partial charge in [-0.1, -0.05) is 17.9 Å². The van der Waals surface area contributed by atoms with E-state index < -0.39 is 34.2 Å². The minimum absolute atomic E-state index is 0.0314. The summed E-state index contributed by atoms with van der Waals surface area (Å²) in [7, 11) is 0. The summed E-state index contributed by atoms with van der Waals surface area (Å²) in [6.45, 7) is 0. The molecule has 3 rings (SSSR count). The van der Waals surface area contributed by atoms with Gasteiger partial charge in [-0.05, 0) is 11.8 Å². The maximum Gasteiger partial charge on any atom is 0.189 e. The summed E-state index contributed by atoms with van der Waals surface area (Å²) in [5.74, 6) is -3.61. The summed E-state index contributed by atoms with van der Waals surface area (Å²) in [4.78, 5) is 12.1. The number of hydrogen-bond donors (Lipinski definition) is 3. The second-order valence-corrected chi connectivity index (χ2v) is 4.61. The Kier molecular flexibility index (Phi) is 2.84. The molecule has 1 aromatic heterocycles. The molecule has 0 saturated carbocycles. The summed E-state index contributed by atoms with van der Waals surface area (Å²) in [5, 5.41) is 51.4. The van der Waals surface area contributed by atoms with Crippen LogP contribution in [0.15, 0.2) is 39.5 Å². The Hall–Kier alpha value is -3.35. The topological polar surface area (TPSA) is 137 Å². The first-order valence-corrected chi connectivity index (χ1v) is 6.08. The van der Waals surface area contributed by atoms with E-state index in [0.29, 0.717) is 0 Å². The van der Waals surface area contributed by atoms with Crippen molar-refractivity contribution in [2.45, 2.75) is 0 Å². The van der Waals surface area contributed by atoms with Crippen LogP contribution in [0.25, 0.3) is 22.3 Å². The fraction of sp³-hybridized carbons (Fsp3) is 0. The lowest BCUT2D eigenvalue weighted by Crippen LogP contribution is -2.11. The Morgan fingerprint density at radius 3 is 2.36 bits per heavy atom. The monoisotopic (exact) mass is 300 g/mol. The van der Waals surface area contributed by atoms with Crippen LogP contribution in [0.4, 0.5) is 0 Å². The second kappa shape index (κ2) is 4.59. The molecule has 7 heteroatoms. The Labute approximate surface area is 122 Å². The zero-order valence-electron chi connectivity index (χ0n) is 10.9. The van der Waals surface area contributed by atoms with Gasteiger partial charge in [0.15, 0.2) is 5.43 Å². The lowest BCUT2D eigenvalue weighted by molar-refractivity contribution is -0.271. The summed E-state index contributed by atoms with van der Waals surface area (Å²) < 4.78 is 5.27. The van der Waals surface area contributed by atoms with Crippen molar-refractivity contribution in [2.24, 2.45) is 0 Å². The van der Waals surface area contributed by atoms with Crippen molar-refractivity contribution >= 4 is 11.0 Å². The molecule has 3 aromatic rings. The van der Waals surface area contributed by atoms with Crippen LogP contribution in [0.5, 0.6) is 28.7 Å². The van der Waals surface area contributed by atoms with E-state index in [4.69, 9.17) is 4.42 Å².